The molecule has 1 fully saturated rings. The molecule has 2 unspecified atom stereocenters. The Balaban J connectivity index is 0.00000162. The molecule has 1 aliphatic rings. The zero-order valence-corrected chi connectivity index (χ0v) is 12.5. The second-order valence-electron chi connectivity index (χ2n) is 4.68. The highest BCUT2D eigenvalue weighted by Crippen LogP contribution is 2.18. The van der Waals surface area contributed by atoms with Crippen LogP contribution in [0.2, 0.25) is 0 Å². The zero-order valence-electron chi connectivity index (χ0n) is 10.9. The lowest BCUT2D eigenvalue weighted by Gasteiger charge is -2.30. The van der Waals surface area contributed by atoms with E-state index in [1.807, 2.05) is 11.4 Å². The predicted octanol–water partition coefficient (Wildman–Crippen LogP) is 2.46. The van der Waals surface area contributed by atoms with Crippen LogP contribution in [-0.4, -0.2) is 25.0 Å². The number of carbonyl (C=O) groups excluding carboxylic acids is 1. The molecule has 0 radical (unpaired) electrons. The van der Waals surface area contributed by atoms with E-state index < -0.39 is 0 Å². The summed E-state index contributed by atoms with van der Waals surface area (Å²) in [6.45, 7) is 6.25. The molecule has 2 atom stereocenters. The van der Waals surface area contributed by atoms with Crippen molar-refractivity contribution < 1.29 is 4.79 Å². The molecule has 3 nitrogen and oxygen atoms in total. The minimum atomic E-state index is 0. The second kappa shape index (κ2) is 7.12. The van der Waals surface area contributed by atoms with Gasteiger partial charge in [0.1, 0.15) is 0 Å². The summed E-state index contributed by atoms with van der Waals surface area (Å²) < 4.78 is 0. The Hall–Kier alpha value is -0.580. The molecule has 2 N–H and O–H groups in total. The van der Waals surface area contributed by atoms with Crippen molar-refractivity contribution in [2.75, 3.05) is 13.1 Å². The van der Waals surface area contributed by atoms with Crippen LogP contribution < -0.4 is 10.6 Å². The molecule has 0 bridgehead atoms. The van der Waals surface area contributed by atoms with Crippen LogP contribution in [0.25, 0.3) is 0 Å². The summed E-state index contributed by atoms with van der Waals surface area (Å²) in [5.74, 6) is 0.655. The van der Waals surface area contributed by atoms with E-state index in [0.717, 1.165) is 36.4 Å². The third-order valence-corrected chi connectivity index (χ3v) is 4.43. The quantitative estimate of drug-likeness (QED) is 0.897. The van der Waals surface area contributed by atoms with Gasteiger partial charge < -0.3 is 10.6 Å². The van der Waals surface area contributed by atoms with Crippen LogP contribution in [0, 0.1) is 5.92 Å². The normalized spacial score (nSPS) is 23.2. The molecule has 0 aliphatic carbocycles. The summed E-state index contributed by atoms with van der Waals surface area (Å²) in [7, 11) is 0. The molecule has 0 spiro atoms. The number of hydrogen-bond acceptors (Lipinski definition) is 3. The predicted molar refractivity (Wildman–Crippen MR) is 78.8 cm³/mol. The van der Waals surface area contributed by atoms with Gasteiger partial charge in [-0.1, -0.05) is 13.8 Å². The molecule has 1 aromatic heterocycles. The molecular weight excluding hydrogens is 268 g/mol. The first-order chi connectivity index (χ1) is 8.22. The molecular formula is C13H21ClN2OS. The first-order valence-corrected chi connectivity index (χ1v) is 7.18. The number of thiophene rings is 1. The fourth-order valence-corrected chi connectivity index (χ4v) is 3.13. The van der Waals surface area contributed by atoms with Crippen LogP contribution in [0.5, 0.6) is 0 Å². The van der Waals surface area contributed by atoms with Gasteiger partial charge >= 0.3 is 0 Å². The fourth-order valence-electron chi connectivity index (χ4n) is 2.23. The van der Waals surface area contributed by atoms with Gasteiger partial charge in [-0.25, -0.2) is 0 Å². The maximum Gasteiger partial charge on any atom is 0.261 e. The van der Waals surface area contributed by atoms with Gasteiger partial charge in [-0.3, -0.25) is 4.79 Å². The molecule has 18 heavy (non-hydrogen) atoms. The summed E-state index contributed by atoms with van der Waals surface area (Å²) in [5.41, 5.74) is 1.16. The van der Waals surface area contributed by atoms with Gasteiger partial charge in [-0.2, -0.15) is 0 Å². The van der Waals surface area contributed by atoms with Crippen molar-refractivity contribution in [3.05, 3.63) is 21.9 Å². The van der Waals surface area contributed by atoms with Crippen molar-refractivity contribution >= 4 is 29.7 Å². The van der Waals surface area contributed by atoms with E-state index in [2.05, 4.69) is 24.5 Å². The standard InChI is InChI=1S/C13H20N2OS.ClH/c1-3-10-5-7-17-12(10)13(16)15-11-8-14-6-4-9(11)2;/h5,7,9,11,14H,3-4,6,8H2,1-2H3,(H,15,16);1H. The Kier molecular flexibility index (Phi) is 6.12. The molecule has 2 rings (SSSR count). The average Bonchev–Trinajstić information content (AvgIpc) is 2.80. The number of nitrogens with one attached hydrogen (secondary N) is 2. The molecule has 0 saturated carbocycles. The minimum absolute atomic E-state index is 0. The van der Waals surface area contributed by atoms with Crippen molar-refractivity contribution in [2.45, 2.75) is 32.7 Å². The van der Waals surface area contributed by atoms with Crippen LogP contribution in [0.4, 0.5) is 0 Å². The Bertz CT molecular complexity index is 394. The van der Waals surface area contributed by atoms with Crippen LogP contribution in [0.1, 0.15) is 35.5 Å². The highest BCUT2D eigenvalue weighted by molar-refractivity contribution is 7.12. The number of hydrogen-bond donors (Lipinski definition) is 2. The molecule has 1 saturated heterocycles. The number of rotatable bonds is 3. The molecule has 0 aromatic carbocycles. The Morgan fingerprint density at radius 2 is 2.39 bits per heavy atom. The molecule has 1 aromatic rings. The third kappa shape index (κ3) is 3.46. The fraction of sp³-hybridized carbons (Fsp3) is 0.615. The van der Waals surface area contributed by atoms with Crippen molar-refractivity contribution in [2.24, 2.45) is 5.92 Å². The summed E-state index contributed by atoms with van der Waals surface area (Å²) in [4.78, 5) is 13.1. The van der Waals surface area contributed by atoms with E-state index in [0.29, 0.717) is 5.92 Å². The topological polar surface area (TPSA) is 41.1 Å². The number of carbonyl (C=O) groups is 1. The first-order valence-electron chi connectivity index (χ1n) is 6.30. The summed E-state index contributed by atoms with van der Waals surface area (Å²) in [6, 6.07) is 2.31. The van der Waals surface area contributed by atoms with E-state index in [9.17, 15) is 4.79 Å². The van der Waals surface area contributed by atoms with E-state index in [-0.39, 0.29) is 24.4 Å². The zero-order chi connectivity index (χ0) is 12.3. The molecule has 102 valence electrons. The van der Waals surface area contributed by atoms with Crippen molar-refractivity contribution in [1.29, 1.82) is 0 Å². The van der Waals surface area contributed by atoms with Crippen molar-refractivity contribution in [3.63, 3.8) is 0 Å². The van der Waals surface area contributed by atoms with Crippen molar-refractivity contribution in [3.8, 4) is 0 Å². The maximum absolute atomic E-state index is 12.2. The van der Waals surface area contributed by atoms with Crippen LogP contribution in [0.3, 0.4) is 0 Å². The van der Waals surface area contributed by atoms with Gasteiger partial charge in [0.2, 0.25) is 0 Å². The average molecular weight is 289 g/mol. The van der Waals surface area contributed by atoms with Gasteiger partial charge in [-0.05, 0) is 42.3 Å². The third-order valence-electron chi connectivity index (χ3n) is 3.48. The van der Waals surface area contributed by atoms with Crippen LogP contribution >= 0.6 is 23.7 Å². The van der Waals surface area contributed by atoms with E-state index in [1.165, 1.54) is 11.3 Å². The van der Waals surface area contributed by atoms with Crippen LogP contribution in [-0.2, 0) is 6.42 Å². The largest absolute Gasteiger partial charge is 0.347 e. The highest BCUT2D eigenvalue weighted by atomic mass is 35.5. The van der Waals surface area contributed by atoms with E-state index in [1.54, 1.807) is 0 Å². The number of halogens is 1. The summed E-state index contributed by atoms with van der Waals surface area (Å²) >= 11 is 1.54. The molecule has 1 aliphatic heterocycles. The SMILES string of the molecule is CCc1ccsc1C(=O)NC1CNCCC1C.Cl. The van der Waals surface area contributed by atoms with Crippen LogP contribution in [0.15, 0.2) is 11.4 Å². The monoisotopic (exact) mass is 288 g/mol. The smallest absolute Gasteiger partial charge is 0.261 e. The Morgan fingerprint density at radius 1 is 1.61 bits per heavy atom. The lowest BCUT2D eigenvalue weighted by molar-refractivity contribution is 0.0918. The van der Waals surface area contributed by atoms with Crippen molar-refractivity contribution in [1.82, 2.24) is 10.6 Å². The second-order valence-corrected chi connectivity index (χ2v) is 5.59. The van der Waals surface area contributed by atoms with Gasteiger partial charge in [-0.15, -0.1) is 23.7 Å². The lowest BCUT2D eigenvalue weighted by Crippen LogP contribution is -2.50. The molecule has 2 heterocycles. The highest BCUT2D eigenvalue weighted by Gasteiger charge is 2.24. The van der Waals surface area contributed by atoms with Gasteiger partial charge in [0.25, 0.3) is 5.91 Å². The summed E-state index contributed by atoms with van der Waals surface area (Å²) in [6.07, 6.45) is 2.06. The van der Waals surface area contributed by atoms with Gasteiger partial charge in [0.15, 0.2) is 0 Å². The minimum Gasteiger partial charge on any atom is -0.347 e. The van der Waals surface area contributed by atoms with Gasteiger partial charge in [0.05, 0.1) is 4.88 Å². The number of aryl methyl sites for hydroxylation is 1. The van der Waals surface area contributed by atoms with E-state index in [4.69, 9.17) is 0 Å². The van der Waals surface area contributed by atoms with E-state index >= 15 is 0 Å². The summed E-state index contributed by atoms with van der Waals surface area (Å²) in [5, 5.41) is 8.48. The Labute approximate surface area is 119 Å². The lowest BCUT2D eigenvalue weighted by atomic mass is 9.95. The number of amides is 1. The maximum atomic E-state index is 12.2. The Morgan fingerprint density at radius 3 is 3.06 bits per heavy atom. The molecule has 5 heteroatoms. The first kappa shape index (κ1) is 15.5. The van der Waals surface area contributed by atoms with Gasteiger partial charge in [0, 0.05) is 12.6 Å². The number of piperidine rings is 1. The molecule has 1 amide bonds.